The lowest BCUT2D eigenvalue weighted by Crippen LogP contribution is -2.03. The van der Waals surface area contributed by atoms with Gasteiger partial charge in [-0.25, -0.2) is 4.79 Å². The van der Waals surface area contributed by atoms with E-state index < -0.39 is 5.97 Å². The molecule has 3 N–H and O–H groups in total. The summed E-state index contributed by atoms with van der Waals surface area (Å²) in [5, 5.41) is 7.69. The third kappa shape index (κ3) is 1.61. The predicted octanol–water partition coefficient (Wildman–Crippen LogP) is -0.135. The first-order chi connectivity index (χ1) is 3.72. The maximum Gasteiger partial charge on any atom is 0.369 e. The van der Waals surface area contributed by atoms with Crippen molar-refractivity contribution in [1.29, 1.82) is 0 Å². The smallest absolute Gasteiger partial charge is 0.369 e. The van der Waals surface area contributed by atoms with Crippen LogP contribution in [0.25, 0.3) is 0 Å². The molecule has 0 aromatic heterocycles. The van der Waals surface area contributed by atoms with Crippen molar-refractivity contribution in [3.05, 3.63) is 11.8 Å². The van der Waals surface area contributed by atoms with E-state index in [0.29, 0.717) is 0 Å². The van der Waals surface area contributed by atoms with Gasteiger partial charge < -0.3 is 5.73 Å². The van der Waals surface area contributed by atoms with Crippen molar-refractivity contribution in [2.24, 2.45) is 5.73 Å². The van der Waals surface area contributed by atoms with Gasteiger partial charge >= 0.3 is 5.97 Å². The molecule has 0 atom stereocenters. The largest absolute Gasteiger partial charge is 0.404 e. The Morgan fingerprint density at radius 2 is 2.38 bits per heavy atom. The summed E-state index contributed by atoms with van der Waals surface area (Å²) in [6, 6.07) is 0. The van der Waals surface area contributed by atoms with Crippen LogP contribution in [-0.2, 0) is 9.68 Å². The SMILES string of the molecule is C/C(=C/N)C(=O)OO. The summed E-state index contributed by atoms with van der Waals surface area (Å²) >= 11 is 0. The summed E-state index contributed by atoms with van der Waals surface area (Å²) in [5.41, 5.74) is 5.05. The Bertz CT molecular complexity index is 118. The number of hydrogen-bond acceptors (Lipinski definition) is 4. The van der Waals surface area contributed by atoms with Gasteiger partial charge in [0.1, 0.15) is 0 Å². The van der Waals surface area contributed by atoms with E-state index in [-0.39, 0.29) is 5.57 Å². The molecule has 0 saturated heterocycles. The summed E-state index contributed by atoms with van der Waals surface area (Å²) in [4.78, 5) is 13.4. The zero-order valence-electron chi connectivity index (χ0n) is 4.42. The van der Waals surface area contributed by atoms with Crippen LogP contribution in [0.4, 0.5) is 0 Å². The Morgan fingerprint density at radius 1 is 1.88 bits per heavy atom. The van der Waals surface area contributed by atoms with Crippen LogP contribution in [0.3, 0.4) is 0 Å². The zero-order chi connectivity index (χ0) is 6.57. The molecule has 0 saturated carbocycles. The van der Waals surface area contributed by atoms with Crippen molar-refractivity contribution in [1.82, 2.24) is 0 Å². The second kappa shape index (κ2) is 3.04. The van der Waals surface area contributed by atoms with E-state index >= 15 is 0 Å². The van der Waals surface area contributed by atoms with Gasteiger partial charge in [-0.05, 0) is 6.92 Å². The Labute approximate surface area is 46.5 Å². The average Bonchev–Trinajstić information content (AvgIpc) is 1.84. The highest BCUT2D eigenvalue weighted by Crippen LogP contribution is 1.89. The molecule has 0 spiro atoms. The minimum Gasteiger partial charge on any atom is -0.404 e. The molecular weight excluding hydrogens is 110 g/mol. The lowest BCUT2D eigenvalue weighted by atomic mass is 10.3. The first kappa shape index (κ1) is 6.97. The third-order valence-corrected chi connectivity index (χ3v) is 0.655. The number of nitrogens with two attached hydrogens (primary N) is 1. The molecule has 0 aliphatic heterocycles. The van der Waals surface area contributed by atoms with Crippen molar-refractivity contribution in [2.45, 2.75) is 6.92 Å². The van der Waals surface area contributed by atoms with Crippen molar-refractivity contribution < 1.29 is 14.9 Å². The molecule has 0 rings (SSSR count). The Kier molecular flexibility index (Phi) is 2.64. The number of hydrogen-bond donors (Lipinski definition) is 2. The average molecular weight is 117 g/mol. The fourth-order valence-electron chi connectivity index (χ4n) is 0.140. The summed E-state index contributed by atoms with van der Waals surface area (Å²) in [7, 11) is 0. The highest BCUT2D eigenvalue weighted by molar-refractivity contribution is 5.86. The summed E-state index contributed by atoms with van der Waals surface area (Å²) in [5.74, 6) is -0.826. The molecule has 0 radical (unpaired) electrons. The van der Waals surface area contributed by atoms with E-state index in [1.165, 1.54) is 6.92 Å². The molecule has 4 heteroatoms. The standard InChI is InChI=1S/C4H7NO3/c1-3(2-5)4(6)8-7/h2,7H,5H2,1H3/b3-2-. The van der Waals surface area contributed by atoms with Crippen LogP contribution in [-0.4, -0.2) is 11.2 Å². The van der Waals surface area contributed by atoms with Gasteiger partial charge in [0.25, 0.3) is 0 Å². The Morgan fingerprint density at radius 3 is 2.50 bits per heavy atom. The first-order valence-electron chi connectivity index (χ1n) is 1.96. The van der Waals surface area contributed by atoms with Gasteiger partial charge in [0, 0.05) is 6.20 Å². The van der Waals surface area contributed by atoms with E-state index in [1.54, 1.807) is 0 Å². The Balaban J connectivity index is 3.83. The van der Waals surface area contributed by atoms with Crippen LogP contribution >= 0.6 is 0 Å². The van der Waals surface area contributed by atoms with Gasteiger partial charge in [-0.1, -0.05) is 0 Å². The van der Waals surface area contributed by atoms with Crippen molar-refractivity contribution in [3.8, 4) is 0 Å². The highest BCUT2D eigenvalue weighted by Gasteiger charge is 2.01. The van der Waals surface area contributed by atoms with Gasteiger partial charge in [0.15, 0.2) is 0 Å². The topological polar surface area (TPSA) is 72.6 Å². The number of carbonyl (C=O) groups is 1. The summed E-state index contributed by atoms with van der Waals surface area (Å²) < 4.78 is 0. The second-order valence-electron chi connectivity index (χ2n) is 1.23. The fraction of sp³-hybridized carbons (Fsp3) is 0.250. The Hall–Kier alpha value is -1.03. The monoisotopic (exact) mass is 117 g/mol. The normalized spacial score (nSPS) is 11.0. The minimum absolute atomic E-state index is 0.174. The molecule has 46 valence electrons. The fourth-order valence-corrected chi connectivity index (χ4v) is 0.140. The summed E-state index contributed by atoms with van der Waals surface area (Å²) in [6.07, 6.45) is 1.05. The molecule has 0 heterocycles. The van der Waals surface area contributed by atoms with Crippen LogP contribution in [0.2, 0.25) is 0 Å². The third-order valence-electron chi connectivity index (χ3n) is 0.655. The van der Waals surface area contributed by atoms with Crippen LogP contribution in [0.15, 0.2) is 11.8 Å². The predicted molar refractivity (Wildman–Crippen MR) is 26.7 cm³/mol. The van der Waals surface area contributed by atoms with E-state index in [0.717, 1.165) is 6.20 Å². The molecule has 0 aliphatic carbocycles. The molecule has 8 heavy (non-hydrogen) atoms. The molecule has 0 fully saturated rings. The van der Waals surface area contributed by atoms with E-state index in [1.807, 2.05) is 0 Å². The molecular formula is C4H7NO3. The summed E-state index contributed by atoms with van der Waals surface area (Å²) in [6.45, 7) is 1.43. The van der Waals surface area contributed by atoms with Crippen molar-refractivity contribution >= 4 is 5.97 Å². The number of carbonyl (C=O) groups excluding carboxylic acids is 1. The lowest BCUT2D eigenvalue weighted by Gasteiger charge is -1.90. The maximum absolute atomic E-state index is 10.1. The van der Waals surface area contributed by atoms with Gasteiger partial charge in [0.05, 0.1) is 5.57 Å². The molecule has 4 nitrogen and oxygen atoms in total. The molecule has 0 aliphatic rings. The van der Waals surface area contributed by atoms with E-state index in [2.05, 4.69) is 4.89 Å². The highest BCUT2D eigenvalue weighted by atomic mass is 17.1. The second-order valence-corrected chi connectivity index (χ2v) is 1.23. The first-order valence-corrected chi connectivity index (χ1v) is 1.96. The molecule has 0 unspecified atom stereocenters. The van der Waals surface area contributed by atoms with Crippen LogP contribution in [0.1, 0.15) is 6.92 Å². The maximum atomic E-state index is 10.1. The lowest BCUT2D eigenvalue weighted by molar-refractivity contribution is -0.229. The van der Waals surface area contributed by atoms with Gasteiger partial charge in [-0.3, -0.25) is 4.89 Å². The number of rotatable bonds is 1. The van der Waals surface area contributed by atoms with Gasteiger partial charge in [-0.2, -0.15) is 5.26 Å². The minimum atomic E-state index is -0.826. The molecule has 0 aromatic rings. The quantitative estimate of drug-likeness (QED) is 0.285. The zero-order valence-corrected chi connectivity index (χ0v) is 4.42. The van der Waals surface area contributed by atoms with Crippen molar-refractivity contribution in [2.75, 3.05) is 0 Å². The van der Waals surface area contributed by atoms with E-state index in [4.69, 9.17) is 11.0 Å². The van der Waals surface area contributed by atoms with Crippen LogP contribution < -0.4 is 5.73 Å². The molecule has 0 aromatic carbocycles. The van der Waals surface area contributed by atoms with Crippen LogP contribution in [0, 0.1) is 0 Å². The molecule has 0 bridgehead atoms. The van der Waals surface area contributed by atoms with Crippen LogP contribution in [0.5, 0.6) is 0 Å². The van der Waals surface area contributed by atoms with Gasteiger partial charge in [-0.15, -0.1) is 0 Å². The van der Waals surface area contributed by atoms with Crippen molar-refractivity contribution in [3.63, 3.8) is 0 Å². The molecule has 0 amide bonds. The van der Waals surface area contributed by atoms with E-state index in [9.17, 15) is 4.79 Å². The van der Waals surface area contributed by atoms with Gasteiger partial charge in [0.2, 0.25) is 0 Å².